The van der Waals surface area contributed by atoms with Crippen molar-refractivity contribution in [1.29, 1.82) is 0 Å². The van der Waals surface area contributed by atoms with Gasteiger partial charge in [-0.3, -0.25) is 4.79 Å². The summed E-state index contributed by atoms with van der Waals surface area (Å²) < 4.78 is 13.5. The van der Waals surface area contributed by atoms with Crippen LogP contribution in [0, 0.1) is 5.82 Å². The van der Waals surface area contributed by atoms with Crippen LogP contribution in [0.25, 0.3) is 0 Å². The molecule has 1 aromatic heterocycles. The average Bonchev–Trinajstić information content (AvgIpc) is 3.15. The maximum atomic E-state index is 13.5. The van der Waals surface area contributed by atoms with Crippen LogP contribution < -0.4 is 16.0 Å². The van der Waals surface area contributed by atoms with Crippen molar-refractivity contribution in [3.63, 3.8) is 0 Å². The largest absolute Gasteiger partial charge is 0.357 e. The summed E-state index contributed by atoms with van der Waals surface area (Å²) in [5, 5.41) is 8.29. The Balaban J connectivity index is 2.00. The van der Waals surface area contributed by atoms with E-state index in [0.29, 0.717) is 5.95 Å². The molecule has 1 aliphatic rings. The van der Waals surface area contributed by atoms with Gasteiger partial charge in [0.05, 0.1) is 6.20 Å². The van der Waals surface area contributed by atoms with E-state index in [1.54, 1.807) is 14.0 Å². The number of hydrogen-bond acceptors (Lipinski definition) is 5. The number of hydrogen-bond donors (Lipinski definition) is 3. The third kappa shape index (κ3) is 3.06. The van der Waals surface area contributed by atoms with E-state index in [0.717, 1.165) is 19.0 Å². The first-order valence-electron chi connectivity index (χ1n) is 5.87. The van der Waals surface area contributed by atoms with Crippen molar-refractivity contribution in [3.8, 4) is 0 Å². The Morgan fingerprint density at radius 1 is 1.56 bits per heavy atom. The number of nitrogens with one attached hydrogen (secondary N) is 3. The van der Waals surface area contributed by atoms with Crippen molar-refractivity contribution in [1.82, 2.24) is 15.3 Å². The molecule has 0 radical (unpaired) electrons. The molecule has 98 valence electrons. The number of carbonyl (C=O) groups is 1. The minimum absolute atomic E-state index is 0.0211. The van der Waals surface area contributed by atoms with E-state index < -0.39 is 11.9 Å². The first-order valence-corrected chi connectivity index (χ1v) is 5.87. The van der Waals surface area contributed by atoms with Crippen LogP contribution in [0.5, 0.6) is 0 Å². The van der Waals surface area contributed by atoms with Crippen molar-refractivity contribution >= 4 is 17.7 Å². The van der Waals surface area contributed by atoms with Crippen LogP contribution in [0.2, 0.25) is 0 Å². The van der Waals surface area contributed by atoms with E-state index in [-0.39, 0.29) is 17.8 Å². The molecule has 6 nitrogen and oxygen atoms in total. The van der Waals surface area contributed by atoms with Crippen LogP contribution in [0.1, 0.15) is 19.8 Å². The van der Waals surface area contributed by atoms with Crippen LogP contribution >= 0.6 is 0 Å². The predicted molar refractivity (Wildman–Crippen MR) is 65.8 cm³/mol. The minimum atomic E-state index is -0.583. The molecule has 1 atom stereocenters. The van der Waals surface area contributed by atoms with Crippen molar-refractivity contribution in [2.24, 2.45) is 0 Å². The Kier molecular flexibility index (Phi) is 3.59. The van der Waals surface area contributed by atoms with E-state index in [1.807, 2.05) is 0 Å². The van der Waals surface area contributed by atoms with E-state index in [9.17, 15) is 9.18 Å². The molecule has 1 fully saturated rings. The lowest BCUT2D eigenvalue weighted by Crippen LogP contribution is -2.39. The topological polar surface area (TPSA) is 78.9 Å². The van der Waals surface area contributed by atoms with Gasteiger partial charge in [-0.05, 0) is 19.8 Å². The molecular formula is C11H16FN5O. The number of aromatic nitrogens is 2. The fraction of sp³-hybridized carbons (Fsp3) is 0.545. The fourth-order valence-corrected chi connectivity index (χ4v) is 1.41. The third-order valence-electron chi connectivity index (χ3n) is 2.64. The van der Waals surface area contributed by atoms with E-state index in [4.69, 9.17) is 0 Å². The molecule has 0 bridgehead atoms. The van der Waals surface area contributed by atoms with Gasteiger partial charge in [-0.15, -0.1) is 0 Å². The molecule has 0 spiro atoms. The maximum Gasteiger partial charge on any atom is 0.242 e. The summed E-state index contributed by atoms with van der Waals surface area (Å²) in [7, 11) is 1.64. The van der Waals surface area contributed by atoms with Gasteiger partial charge in [0.25, 0.3) is 0 Å². The Hall–Kier alpha value is -1.92. The monoisotopic (exact) mass is 253 g/mol. The zero-order valence-electron chi connectivity index (χ0n) is 10.3. The minimum Gasteiger partial charge on any atom is -0.357 e. The van der Waals surface area contributed by atoms with Crippen molar-refractivity contribution in [3.05, 3.63) is 12.0 Å². The molecule has 0 saturated heterocycles. The van der Waals surface area contributed by atoms with Gasteiger partial charge in [-0.1, -0.05) is 0 Å². The lowest BCUT2D eigenvalue weighted by molar-refractivity contribution is -0.121. The Morgan fingerprint density at radius 3 is 2.89 bits per heavy atom. The molecule has 1 amide bonds. The molecule has 1 aliphatic carbocycles. The van der Waals surface area contributed by atoms with E-state index in [2.05, 4.69) is 25.9 Å². The number of anilines is 2. The molecule has 0 aliphatic heterocycles. The SMILES string of the molecule is CNc1ncc(F)c(NC(C)C(=O)NC2CC2)n1. The van der Waals surface area contributed by atoms with Gasteiger partial charge in [-0.25, -0.2) is 9.37 Å². The van der Waals surface area contributed by atoms with Gasteiger partial charge in [0.1, 0.15) is 6.04 Å². The number of amides is 1. The van der Waals surface area contributed by atoms with Gasteiger partial charge in [0, 0.05) is 13.1 Å². The average molecular weight is 253 g/mol. The molecule has 1 saturated carbocycles. The van der Waals surface area contributed by atoms with Gasteiger partial charge >= 0.3 is 0 Å². The van der Waals surface area contributed by atoms with Crippen molar-refractivity contribution < 1.29 is 9.18 Å². The van der Waals surface area contributed by atoms with Crippen molar-refractivity contribution in [2.45, 2.75) is 31.8 Å². The highest BCUT2D eigenvalue weighted by Crippen LogP contribution is 2.19. The quantitative estimate of drug-likeness (QED) is 0.721. The summed E-state index contributed by atoms with van der Waals surface area (Å²) in [5.74, 6) is -0.414. The zero-order chi connectivity index (χ0) is 13.1. The predicted octanol–water partition coefficient (Wildman–Crippen LogP) is 0.736. The number of carbonyl (C=O) groups excluding carboxylic acids is 1. The molecule has 2 rings (SSSR count). The maximum absolute atomic E-state index is 13.5. The second kappa shape index (κ2) is 5.16. The molecule has 3 N–H and O–H groups in total. The normalized spacial score (nSPS) is 15.9. The van der Waals surface area contributed by atoms with Gasteiger partial charge in [-0.2, -0.15) is 4.98 Å². The molecular weight excluding hydrogens is 237 g/mol. The highest BCUT2D eigenvalue weighted by atomic mass is 19.1. The van der Waals surface area contributed by atoms with Crippen LogP contribution in [-0.2, 0) is 4.79 Å². The summed E-state index contributed by atoms with van der Waals surface area (Å²) in [6.45, 7) is 1.66. The highest BCUT2D eigenvalue weighted by molar-refractivity contribution is 5.84. The molecule has 1 aromatic rings. The van der Waals surface area contributed by atoms with Gasteiger partial charge in [0.2, 0.25) is 11.9 Å². The smallest absolute Gasteiger partial charge is 0.242 e. The number of nitrogens with zero attached hydrogens (tertiary/aromatic N) is 2. The lowest BCUT2D eigenvalue weighted by atomic mass is 10.3. The van der Waals surface area contributed by atoms with E-state index >= 15 is 0 Å². The van der Waals surface area contributed by atoms with Crippen LogP contribution in [0.4, 0.5) is 16.2 Å². The Bertz CT molecular complexity index is 449. The third-order valence-corrected chi connectivity index (χ3v) is 2.64. The second-order valence-corrected chi connectivity index (χ2v) is 4.29. The summed E-state index contributed by atoms with van der Waals surface area (Å²) >= 11 is 0. The lowest BCUT2D eigenvalue weighted by Gasteiger charge is -2.15. The van der Waals surface area contributed by atoms with Crippen molar-refractivity contribution in [2.75, 3.05) is 17.7 Å². The first kappa shape index (κ1) is 12.5. The highest BCUT2D eigenvalue weighted by Gasteiger charge is 2.26. The van der Waals surface area contributed by atoms with Gasteiger partial charge < -0.3 is 16.0 Å². The van der Waals surface area contributed by atoms with Crippen LogP contribution in [0.3, 0.4) is 0 Å². The second-order valence-electron chi connectivity index (χ2n) is 4.29. The van der Waals surface area contributed by atoms with Crippen LogP contribution in [0.15, 0.2) is 6.20 Å². The molecule has 7 heteroatoms. The van der Waals surface area contributed by atoms with Crippen LogP contribution in [-0.4, -0.2) is 35.0 Å². The Labute approximate surface area is 104 Å². The fourth-order valence-electron chi connectivity index (χ4n) is 1.41. The number of halogens is 1. The summed E-state index contributed by atoms with van der Waals surface area (Å²) in [6.07, 6.45) is 3.10. The standard InChI is InChI=1S/C11H16FN5O/c1-6(10(18)16-7-3-4-7)15-9-8(12)5-14-11(13-2)17-9/h5-7H,3-4H2,1-2H3,(H,16,18)(H2,13,14,15,17). The summed E-state index contributed by atoms with van der Waals surface area (Å²) in [4.78, 5) is 19.4. The summed E-state index contributed by atoms with van der Waals surface area (Å²) in [5.41, 5.74) is 0. The summed E-state index contributed by atoms with van der Waals surface area (Å²) in [6, 6.07) is -0.260. The molecule has 1 heterocycles. The Morgan fingerprint density at radius 2 is 2.28 bits per heavy atom. The van der Waals surface area contributed by atoms with E-state index in [1.165, 1.54) is 0 Å². The first-order chi connectivity index (χ1) is 8.60. The molecule has 0 aromatic carbocycles. The molecule has 18 heavy (non-hydrogen) atoms. The number of rotatable bonds is 5. The van der Waals surface area contributed by atoms with Gasteiger partial charge in [0.15, 0.2) is 11.6 Å². The molecule has 1 unspecified atom stereocenters. The zero-order valence-corrected chi connectivity index (χ0v) is 10.3.